The molecule has 1 heterocycles. The van der Waals surface area contributed by atoms with E-state index in [0.717, 1.165) is 30.3 Å². The van der Waals surface area contributed by atoms with Gasteiger partial charge >= 0.3 is 0 Å². The van der Waals surface area contributed by atoms with E-state index in [4.69, 9.17) is 4.74 Å². The Morgan fingerprint density at radius 3 is 2.25 bits per heavy atom. The number of rotatable bonds is 6. The minimum Gasteiger partial charge on any atom is -0.457 e. The Labute approximate surface area is 189 Å². The molecule has 0 fully saturated rings. The van der Waals surface area contributed by atoms with E-state index in [2.05, 4.69) is 0 Å². The van der Waals surface area contributed by atoms with Gasteiger partial charge in [-0.1, -0.05) is 36.4 Å². The van der Waals surface area contributed by atoms with Crippen molar-refractivity contribution in [3.63, 3.8) is 0 Å². The molecule has 1 unspecified atom stereocenters. The van der Waals surface area contributed by atoms with Crippen LogP contribution in [0.4, 0.5) is 11.4 Å². The quantitative estimate of drug-likeness (QED) is 0.550. The molecule has 0 saturated carbocycles. The molecule has 7 heteroatoms. The number of carbonyl (C=O) groups is 1. The maximum atomic E-state index is 13.4. The lowest BCUT2D eigenvalue weighted by Gasteiger charge is -2.35. The van der Waals surface area contributed by atoms with E-state index in [-0.39, 0.29) is 5.91 Å². The molecular formula is C25H26N2O4S. The molecule has 4 rings (SSSR count). The lowest BCUT2D eigenvalue weighted by Crippen LogP contribution is -2.50. The van der Waals surface area contributed by atoms with Crippen molar-refractivity contribution in [2.45, 2.75) is 25.8 Å². The summed E-state index contributed by atoms with van der Waals surface area (Å²) in [4.78, 5) is 15.1. The van der Waals surface area contributed by atoms with Crippen molar-refractivity contribution in [3.05, 3.63) is 84.4 Å². The van der Waals surface area contributed by atoms with Gasteiger partial charge in [-0.25, -0.2) is 8.42 Å². The number of sulfonamides is 1. The molecule has 0 radical (unpaired) electrons. The average Bonchev–Trinajstić information content (AvgIpc) is 2.79. The van der Waals surface area contributed by atoms with E-state index >= 15 is 0 Å². The van der Waals surface area contributed by atoms with Crippen LogP contribution in [-0.2, 0) is 21.2 Å². The zero-order valence-electron chi connectivity index (χ0n) is 18.1. The Hall–Kier alpha value is -3.32. The third-order valence-corrected chi connectivity index (χ3v) is 6.75. The summed E-state index contributed by atoms with van der Waals surface area (Å²) in [7, 11) is -3.70. The van der Waals surface area contributed by atoms with Gasteiger partial charge in [0.05, 0.1) is 11.9 Å². The van der Waals surface area contributed by atoms with E-state index in [1.54, 1.807) is 36.1 Å². The van der Waals surface area contributed by atoms with Gasteiger partial charge in [-0.3, -0.25) is 9.10 Å². The van der Waals surface area contributed by atoms with Crippen LogP contribution >= 0.6 is 0 Å². The molecule has 0 N–H and O–H groups in total. The highest BCUT2D eigenvalue weighted by molar-refractivity contribution is 7.92. The van der Waals surface area contributed by atoms with Crippen molar-refractivity contribution in [2.24, 2.45) is 0 Å². The number of anilines is 2. The number of hydrogen-bond acceptors (Lipinski definition) is 4. The molecule has 3 aromatic carbocycles. The molecule has 0 spiro atoms. The lowest BCUT2D eigenvalue weighted by atomic mass is 10.0. The number of amides is 1. The first-order valence-corrected chi connectivity index (χ1v) is 12.4. The van der Waals surface area contributed by atoms with Crippen LogP contribution in [0.1, 0.15) is 18.9 Å². The zero-order valence-corrected chi connectivity index (χ0v) is 19.0. The van der Waals surface area contributed by atoms with Crippen molar-refractivity contribution < 1.29 is 17.9 Å². The monoisotopic (exact) mass is 450 g/mol. The number of aryl methyl sites for hydroxylation is 1. The number of ether oxygens (including phenoxy) is 1. The minimum atomic E-state index is -3.70. The van der Waals surface area contributed by atoms with Gasteiger partial charge in [-0.2, -0.15) is 0 Å². The van der Waals surface area contributed by atoms with Crippen molar-refractivity contribution in [1.29, 1.82) is 0 Å². The average molecular weight is 451 g/mol. The first kappa shape index (κ1) is 21.9. The molecule has 0 aromatic heterocycles. The zero-order chi connectivity index (χ0) is 22.7. The Kier molecular flexibility index (Phi) is 6.19. The maximum absolute atomic E-state index is 13.4. The van der Waals surface area contributed by atoms with Gasteiger partial charge in [-0.05, 0) is 67.8 Å². The Bertz CT molecular complexity index is 1190. The second kappa shape index (κ2) is 9.04. The number of fused-ring (bicyclic) bond motifs is 1. The molecule has 1 aliphatic rings. The van der Waals surface area contributed by atoms with Gasteiger partial charge in [0.1, 0.15) is 17.5 Å². The summed E-state index contributed by atoms with van der Waals surface area (Å²) in [6.07, 6.45) is 2.88. The molecule has 0 bridgehead atoms. The maximum Gasteiger partial charge on any atom is 0.250 e. The van der Waals surface area contributed by atoms with Gasteiger partial charge in [-0.15, -0.1) is 0 Å². The summed E-state index contributed by atoms with van der Waals surface area (Å²) in [5, 5.41) is 0. The van der Waals surface area contributed by atoms with Crippen molar-refractivity contribution in [1.82, 2.24) is 0 Å². The van der Waals surface area contributed by atoms with Crippen molar-refractivity contribution in [2.75, 3.05) is 22.0 Å². The van der Waals surface area contributed by atoms with Crippen LogP contribution < -0.4 is 13.9 Å². The smallest absolute Gasteiger partial charge is 0.250 e. The van der Waals surface area contributed by atoms with Crippen molar-refractivity contribution in [3.8, 4) is 11.5 Å². The van der Waals surface area contributed by atoms with Crippen molar-refractivity contribution >= 4 is 27.3 Å². The number of carbonyl (C=O) groups excluding carboxylic acids is 1. The second-order valence-electron chi connectivity index (χ2n) is 7.87. The highest BCUT2D eigenvalue weighted by atomic mass is 32.2. The molecule has 0 saturated heterocycles. The molecule has 32 heavy (non-hydrogen) atoms. The van der Waals surface area contributed by atoms with E-state index < -0.39 is 16.1 Å². The van der Waals surface area contributed by atoms with E-state index in [1.807, 2.05) is 54.6 Å². The molecule has 3 aromatic rings. The van der Waals surface area contributed by atoms with E-state index in [0.29, 0.717) is 23.7 Å². The summed E-state index contributed by atoms with van der Waals surface area (Å²) in [5.74, 6) is 1.03. The summed E-state index contributed by atoms with van der Waals surface area (Å²) in [5.41, 5.74) is 2.38. The molecule has 0 aliphatic carbocycles. The minimum absolute atomic E-state index is 0.243. The van der Waals surface area contributed by atoms with Crippen LogP contribution in [0.25, 0.3) is 0 Å². The van der Waals surface area contributed by atoms with E-state index in [1.165, 1.54) is 4.31 Å². The Morgan fingerprint density at radius 2 is 1.56 bits per heavy atom. The second-order valence-corrected chi connectivity index (χ2v) is 9.73. The third kappa shape index (κ3) is 4.62. The largest absolute Gasteiger partial charge is 0.457 e. The summed E-state index contributed by atoms with van der Waals surface area (Å²) in [6.45, 7) is 2.20. The number of hydrogen-bond donors (Lipinski definition) is 0. The first-order chi connectivity index (χ1) is 15.3. The standard InChI is InChI=1S/C25H26N2O4S/c1-19(25(28)26-18-8-10-20-9-6-7-13-24(20)26)27(32(2,29)30)21-14-16-23(17-15-21)31-22-11-4-3-5-12-22/h3-7,9,11-17,19H,8,10,18H2,1-2H3. The normalized spacial score (nSPS) is 14.4. The van der Waals surface area contributed by atoms with Gasteiger partial charge in [0.2, 0.25) is 10.0 Å². The SMILES string of the molecule is CC(C(=O)N1CCCc2ccccc21)N(c1ccc(Oc2ccccc2)cc1)S(C)(=O)=O. The van der Waals surface area contributed by atoms with Gasteiger partial charge in [0.25, 0.3) is 5.91 Å². The van der Waals surface area contributed by atoms with E-state index in [9.17, 15) is 13.2 Å². The summed E-state index contributed by atoms with van der Waals surface area (Å²) >= 11 is 0. The molecule has 1 amide bonds. The fourth-order valence-electron chi connectivity index (χ4n) is 4.08. The van der Waals surface area contributed by atoms with Crippen LogP contribution in [0.5, 0.6) is 11.5 Å². The van der Waals surface area contributed by atoms with Crippen LogP contribution in [0.3, 0.4) is 0 Å². The third-order valence-electron chi connectivity index (χ3n) is 5.51. The van der Waals surface area contributed by atoms with Gasteiger partial charge in [0.15, 0.2) is 0 Å². The lowest BCUT2D eigenvalue weighted by molar-refractivity contribution is -0.119. The predicted molar refractivity (Wildman–Crippen MR) is 127 cm³/mol. The predicted octanol–water partition coefficient (Wildman–Crippen LogP) is 4.61. The van der Waals surface area contributed by atoms with Crippen LogP contribution in [-0.4, -0.2) is 33.2 Å². The Morgan fingerprint density at radius 1 is 0.938 bits per heavy atom. The first-order valence-electron chi connectivity index (χ1n) is 10.6. The number of nitrogens with zero attached hydrogens (tertiary/aromatic N) is 2. The number of para-hydroxylation sites is 2. The highest BCUT2D eigenvalue weighted by Gasteiger charge is 2.34. The molecule has 1 atom stereocenters. The van der Waals surface area contributed by atoms with Gasteiger partial charge < -0.3 is 9.64 Å². The molecular weight excluding hydrogens is 424 g/mol. The van der Waals surface area contributed by atoms with Crippen LogP contribution in [0.15, 0.2) is 78.9 Å². The van der Waals surface area contributed by atoms with Gasteiger partial charge in [0, 0.05) is 12.2 Å². The fraction of sp³-hybridized carbons (Fsp3) is 0.240. The molecule has 166 valence electrons. The topological polar surface area (TPSA) is 66.9 Å². The fourth-order valence-corrected chi connectivity index (χ4v) is 5.25. The summed E-state index contributed by atoms with van der Waals surface area (Å²) in [6, 6.07) is 23.0. The summed E-state index contributed by atoms with van der Waals surface area (Å²) < 4.78 is 32.4. The van der Waals surface area contributed by atoms with Crippen LogP contribution in [0, 0.1) is 0 Å². The molecule has 6 nitrogen and oxygen atoms in total. The Balaban J connectivity index is 1.60. The van der Waals surface area contributed by atoms with Crippen LogP contribution in [0.2, 0.25) is 0 Å². The molecule has 1 aliphatic heterocycles. The highest BCUT2D eigenvalue weighted by Crippen LogP contribution is 2.30. The number of benzene rings is 3.